The molecule has 1 amide bonds. The van der Waals surface area contributed by atoms with Crippen molar-refractivity contribution in [2.75, 3.05) is 10.8 Å². The Balaban J connectivity index is 2.16. The van der Waals surface area contributed by atoms with Gasteiger partial charge in [0.1, 0.15) is 18.0 Å². The number of halogens is 1. The number of nitrogens with zero attached hydrogens (tertiary/aromatic N) is 1. The van der Waals surface area contributed by atoms with Gasteiger partial charge in [-0.05, 0) is 42.9 Å². The third-order valence-corrected chi connectivity index (χ3v) is 5.23. The Morgan fingerprint density at radius 1 is 1.24 bits per heavy atom. The molecule has 1 fully saturated rings. The molecule has 1 aliphatic carbocycles. The fraction of sp³-hybridized carbons (Fsp3) is 0.462. The number of anilines is 1. The van der Waals surface area contributed by atoms with Crippen LogP contribution in [0.5, 0.6) is 5.75 Å². The van der Waals surface area contributed by atoms with E-state index < -0.39 is 39.9 Å². The van der Waals surface area contributed by atoms with Crippen LogP contribution in [0.2, 0.25) is 0 Å². The molecule has 2 aliphatic rings. The topological polar surface area (TPSA) is 86.7 Å². The summed E-state index contributed by atoms with van der Waals surface area (Å²) in [6, 6.07) is 1.41. The molecule has 1 aromatic rings. The summed E-state index contributed by atoms with van der Waals surface area (Å²) in [7, 11) is -4.14. The van der Waals surface area contributed by atoms with Crippen molar-refractivity contribution >= 4 is 21.8 Å². The second kappa shape index (κ2) is 4.87. The van der Waals surface area contributed by atoms with Crippen LogP contribution in [0.15, 0.2) is 6.07 Å². The molecule has 0 radical (unpaired) electrons. The first-order valence-corrected chi connectivity index (χ1v) is 8.20. The number of rotatable bonds is 1. The van der Waals surface area contributed by atoms with Gasteiger partial charge in [-0.1, -0.05) is 6.42 Å². The van der Waals surface area contributed by atoms with E-state index in [2.05, 4.69) is 0 Å². The molecule has 1 saturated heterocycles. The first kappa shape index (κ1) is 14.1. The monoisotopic (exact) mass is 314 g/mol. The number of fused-ring (bicyclic) bond motifs is 1. The molecule has 1 heterocycles. The third-order valence-electron chi connectivity index (χ3n) is 3.86. The van der Waals surface area contributed by atoms with E-state index in [1.807, 2.05) is 0 Å². The van der Waals surface area contributed by atoms with Crippen LogP contribution in [0, 0.1) is 5.82 Å². The number of amides is 1. The molecule has 114 valence electrons. The number of phenolic OH excluding ortho intramolecular Hbond substituents is 1. The number of hydrogen-bond acceptors (Lipinski definition) is 4. The number of carbonyl (C=O) groups excluding carboxylic acids is 1. The third kappa shape index (κ3) is 2.33. The number of aromatic hydroxyl groups is 1. The van der Waals surface area contributed by atoms with Gasteiger partial charge in [0.15, 0.2) is 5.82 Å². The van der Waals surface area contributed by atoms with Crippen molar-refractivity contribution < 1.29 is 22.7 Å². The molecule has 2 N–H and O–H groups in total. The van der Waals surface area contributed by atoms with E-state index in [1.165, 1.54) is 6.07 Å². The van der Waals surface area contributed by atoms with Crippen molar-refractivity contribution in [2.45, 2.75) is 32.1 Å². The van der Waals surface area contributed by atoms with Crippen molar-refractivity contribution in [3.63, 3.8) is 0 Å². The Hall–Kier alpha value is -1.83. The number of nitrogens with one attached hydrogen (secondary N) is 1. The quantitative estimate of drug-likeness (QED) is 0.757. The molecule has 3 rings (SSSR count). The normalized spacial score (nSPS) is 20.8. The van der Waals surface area contributed by atoms with Gasteiger partial charge >= 0.3 is 10.2 Å². The Labute approximate surface area is 121 Å². The maximum absolute atomic E-state index is 14.7. The molecule has 8 heteroatoms. The minimum atomic E-state index is -4.14. The maximum Gasteiger partial charge on any atom is 0.326 e. The van der Waals surface area contributed by atoms with E-state index in [9.17, 15) is 22.7 Å². The second-order valence-corrected chi connectivity index (χ2v) is 6.89. The summed E-state index contributed by atoms with van der Waals surface area (Å²) in [6.07, 6.45) is 3.85. The maximum atomic E-state index is 14.7. The van der Waals surface area contributed by atoms with E-state index in [0.717, 1.165) is 19.3 Å². The fourth-order valence-electron chi connectivity index (χ4n) is 2.89. The lowest BCUT2D eigenvalue weighted by molar-refractivity contribution is -0.117. The molecule has 21 heavy (non-hydrogen) atoms. The Bertz CT molecular complexity index is 717. The predicted octanol–water partition coefficient (Wildman–Crippen LogP) is 0.981. The van der Waals surface area contributed by atoms with E-state index in [1.54, 1.807) is 4.72 Å². The zero-order valence-corrected chi connectivity index (χ0v) is 12.0. The summed E-state index contributed by atoms with van der Waals surface area (Å²) in [5, 5.41) is 10.0. The van der Waals surface area contributed by atoms with Crippen molar-refractivity contribution in [3.8, 4) is 5.75 Å². The van der Waals surface area contributed by atoms with E-state index in [4.69, 9.17) is 0 Å². The Kier molecular flexibility index (Phi) is 3.27. The van der Waals surface area contributed by atoms with E-state index >= 15 is 0 Å². The van der Waals surface area contributed by atoms with Crippen LogP contribution < -0.4 is 9.03 Å². The lowest BCUT2D eigenvalue weighted by atomic mass is 10.0. The molecule has 1 aromatic carbocycles. The van der Waals surface area contributed by atoms with Crippen LogP contribution in [0.1, 0.15) is 30.4 Å². The number of benzene rings is 1. The molecule has 0 bridgehead atoms. The Morgan fingerprint density at radius 3 is 2.62 bits per heavy atom. The van der Waals surface area contributed by atoms with Gasteiger partial charge < -0.3 is 5.11 Å². The van der Waals surface area contributed by atoms with Crippen molar-refractivity contribution in [3.05, 3.63) is 23.0 Å². The van der Waals surface area contributed by atoms with Crippen LogP contribution in [0.3, 0.4) is 0 Å². The molecule has 0 saturated carbocycles. The molecule has 0 atom stereocenters. The fourth-order valence-corrected chi connectivity index (χ4v) is 4.05. The summed E-state index contributed by atoms with van der Waals surface area (Å²) in [5.74, 6) is -1.94. The minimum absolute atomic E-state index is 0.436. The van der Waals surface area contributed by atoms with Crippen molar-refractivity contribution in [1.29, 1.82) is 0 Å². The summed E-state index contributed by atoms with van der Waals surface area (Å²) in [5.41, 5.74) is 0.714. The minimum Gasteiger partial charge on any atom is -0.506 e. The SMILES string of the molecule is O=C1CN(c2c(O)cc3c(c2F)CCCCC3)S(=O)(=O)N1. The number of hydrogen-bond donors (Lipinski definition) is 2. The van der Waals surface area contributed by atoms with E-state index in [0.29, 0.717) is 28.3 Å². The van der Waals surface area contributed by atoms with Crippen LogP contribution in [-0.4, -0.2) is 26.0 Å². The van der Waals surface area contributed by atoms with Crippen LogP contribution in [-0.2, 0) is 27.8 Å². The van der Waals surface area contributed by atoms with Crippen LogP contribution >= 0.6 is 0 Å². The summed E-state index contributed by atoms with van der Waals surface area (Å²) in [4.78, 5) is 11.3. The van der Waals surface area contributed by atoms with Crippen molar-refractivity contribution in [2.24, 2.45) is 0 Å². The molecule has 6 nitrogen and oxygen atoms in total. The highest BCUT2D eigenvalue weighted by molar-refractivity contribution is 7.92. The molecule has 0 spiro atoms. The largest absolute Gasteiger partial charge is 0.506 e. The molecular formula is C13H15FN2O4S. The lowest BCUT2D eigenvalue weighted by Crippen LogP contribution is -2.30. The van der Waals surface area contributed by atoms with Gasteiger partial charge in [0.05, 0.1) is 0 Å². The number of carbonyl (C=O) groups is 1. The summed E-state index contributed by atoms with van der Waals surface area (Å²) < 4.78 is 40.7. The Morgan fingerprint density at radius 2 is 1.95 bits per heavy atom. The average Bonchev–Trinajstić information content (AvgIpc) is 2.57. The van der Waals surface area contributed by atoms with Gasteiger partial charge in [-0.25, -0.2) is 13.4 Å². The van der Waals surface area contributed by atoms with Gasteiger partial charge in [-0.15, -0.1) is 0 Å². The molecule has 0 aromatic heterocycles. The lowest BCUT2D eigenvalue weighted by Gasteiger charge is -2.20. The van der Waals surface area contributed by atoms with E-state index in [-0.39, 0.29) is 0 Å². The van der Waals surface area contributed by atoms with Gasteiger partial charge in [0.25, 0.3) is 5.91 Å². The molecule has 0 unspecified atom stereocenters. The van der Waals surface area contributed by atoms with Crippen LogP contribution in [0.25, 0.3) is 0 Å². The predicted molar refractivity (Wildman–Crippen MR) is 73.7 cm³/mol. The van der Waals surface area contributed by atoms with Crippen molar-refractivity contribution in [1.82, 2.24) is 4.72 Å². The first-order chi connectivity index (χ1) is 9.90. The first-order valence-electron chi connectivity index (χ1n) is 6.76. The standard InChI is InChI=1S/C13H15FN2O4S/c14-12-9-5-3-1-2-4-8(9)6-10(17)13(12)16-7-11(18)15-21(16,19)20/h6,17H,1-5,7H2,(H,15,18). The number of aryl methyl sites for hydroxylation is 1. The molecular weight excluding hydrogens is 299 g/mol. The zero-order valence-electron chi connectivity index (χ0n) is 11.2. The smallest absolute Gasteiger partial charge is 0.326 e. The summed E-state index contributed by atoms with van der Waals surface area (Å²) in [6.45, 7) is -0.522. The summed E-state index contributed by atoms with van der Waals surface area (Å²) >= 11 is 0. The highest BCUT2D eigenvalue weighted by Gasteiger charge is 2.38. The zero-order chi connectivity index (χ0) is 15.2. The van der Waals surface area contributed by atoms with Crippen LogP contribution in [0.4, 0.5) is 10.1 Å². The molecule has 1 aliphatic heterocycles. The van der Waals surface area contributed by atoms with Gasteiger partial charge in [-0.3, -0.25) is 4.79 Å². The second-order valence-electron chi connectivity index (χ2n) is 5.29. The van der Waals surface area contributed by atoms with Gasteiger partial charge in [0, 0.05) is 0 Å². The van der Waals surface area contributed by atoms with Gasteiger partial charge in [0.2, 0.25) is 0 Å². The highest BCUT2D eigenvalue weighted by Crippen LogP contribution is 2.39. The highest BCUT2D eigenvalue weighted by atomic mass is 32.2. The van der Waals surface area contributed by atoms with Gasteiger partial charge in [-0.2, -0.15) is 8.42 Å². The number of phenols is 1. The average molecular weight is 314 g/mol.